The molecule has 3 nitrogen and oxygen atoms in total. The first-order chi connectivity index (χ1) is 50.4. The molecule has 0 radical (unpaired) electrons. The summed E-state index contributed by atoms with van der Waals surface area (Å²) in [6.07, 6.45) is 0. The van der Waals surface area contributed by atoms with Gasteiger partial charge in [0.15, 0.2) is 0 Å². The van der Waals surface area contributed by atoms with Crippen LogP contribution in [0.25, 0.3) is 64.6 Å². The third-order valence-corrected chi connectivity index (χ3v) is 22.3. The maximum atomic E-state index is 2.55. The van der Waals surface area contributed by atoms with E-state index in [4.69, 9.17) is 0 Å². The molecule has 4 heteroatoms. The van der Waals surface area contributed by atoms with E-state index in [0.717, 1.165) is 51.2 Å². The van der Waals surface area contributed by atoms with E-state index in [9.17, 15) is 0 Å². The van der Waals surface area contributed by atoms with Crippen LogP contribution in [0.15, 0.2) is 291 Å². The fourth-order valence-corrected chi connectivity index (χ4v) is 16.4. The lowest BCUT2D eigenvalue weighted by Crippen LogP contribution is -2.54. The van der Waals surface area contributed by atoms with Gasteiger partial charge in [-0.2, -0.15) is 0 Å². The molecule has 528 valence electrons. The molecule has 0 aliphatic heterocycles. The zero-order chi connectivity index (χ0) is 74.6. The molecule has 0 aromatic heterocycles. The Morgan fingerprint density at radius 3 is 0.406 bits per heavy atom. The van der Waals surface area contributed by atoms with Crippen molar-refractivity contribution in [2.75, 3.05) is 14.7 Å². The number of fused-ring (bicyclic) bond motifs is 6. The van der Waals surface area contributed by atoms with Crippen molar-refractivity contribution in [2.24, 2.45) is 0 Å². The van der Waals surface area contributed by atoms with Gasteiger partial charge in [0.2, 0.25) is 6.71 Å². The summed E-state index contributed by atoms with van der Waals surface area (Å²) in [4.78, 5) is 7.65. The Balaban J connectivity index is 1.11. The van der Waals surface area contributed by atoms with Gasteiger partial charge < -0.3 is 14.7 Å². The highest BCUT2D eigenvalue weighted by Crippen LogP contribution is 2.50. The molecule has 0 spiro atoms. The normalized spacial score (nSPS) is 12.6. The molecule has 0 N–H and O–H groups in total. The quantitative estimate of drug-likeness (QED) is 0.0892. The highest BCUT2D eigenvalue weighted by molar-refractivity contribution is 7.03. The lowest BCUT2D eigenvalue weighted by Gasteiger charge is -2.34. The standard InChI is InChI=1S/C102H102BN3/c1-97(2,3)67-43-55-73(56-44-67)104(74-57-45-68(46-58-74)98(4,5)6)94-85-37-25-19-31-79(85)91(80-32-20-26-38-86(80)94)103(92-81-33-21-27-39-87(81)95(88-40-28-22-34-82(88)92)105(75-59-47-69(48-60-75)99(7,8)9)76-61-49-70(50-62-76)100(10,11)12)93-83-35-23-29-41-89(83)96(90-42-30-24-36-84(90)93)106(77-63-51-71(52-64-77)101(13,14)15)78-65-53-72(54-66-78)102(16,17)18/h19-66H,1-18H3. The monoisotopic (exact) mass is 1380 g/mol. The van der Waals surface area contributed by atoms with Gasteiger partial charge in [-0.1, -0.05) is 359 Å². The molecule has 0 aliphatic rings. The van der Waals surface area contributed by atoms with Gasteiger partial charge in [0.1, 0.15) is 0 Å². The van der Waals surface area contributed by atoms with Crippen LogP contribution in [0.4, 0.5) is 51.2 Å². The van der Waals surface area contributed by atoms with Gasteiger partial charge >= 0.3 is 0 Å². The minimum Gasteiger partial charge on any atom is -0.309 e. The second kappa shape index (κ2) is 26.7. The molecule has 0 amide bonds. The van der Waals surface area contributed by atoms with Gasteiger partial charge in [-0.05, 0) is 171 Å². The van der Waals surface area contributed by atoms with Crippen molar-refractivity contribution < 1.29 is 0 Å². The van der Waals surface area contributed by atoms with E-state index in [1.54, 1.807) is 0 Å². The molecule has 0 unspecified atom stereocenters. The van der Waals surface area contributed by atoms with Crippen LogP contribution in [-0.2, 0) is 32.5 Å². The average molecular weight is 1380 g/mol. The van der Waals surface area contributed by atoms with Crippen molar-refractivity contribution in [3.63, 3.8) is 0 Å². The molecule has 15 aromatic carbocycles. The van der Waals surface area contributed by atoms with Gasteiger partial charge in [-0.3, -0.25) is 0 Å². The highest BCUT2D eigenvalue weighted by Gasteiger charge is 2.38. The molecule has 0 heterocycles. The van der Waals surface area contributed by atoms with Crippen molar-refractivity contribution >= 4 is 139 Å². The molecular formula is C102H102BN3. The van der Waals surface area contributed by atoms with E-state index < -0.39 is 6.71 Å². The Morgan fingerprint density at radius 1 is 0.160 bits per heavy atom. The minimum absolute atomic E-state index is 0.0335. The van der Waals surface area contributed by atoms with E-state index in [-0.39, 0.29) is 32.5 Å². The zero-order valence-electron chi connectivity index (χ0n) is 65.6. The van der Waals surface area contributed by atoms with Crippen molar-refractivity contribution in [1.82, 2.24) is 0 Å². The molecule has 0 fully saturated rings. The third kappa shape index (κ3) is 13.0. The van der Waals surface area contributed by atoms with Gasteiger partial charge in [-0.25, -0.2) is 0 Å². The number of anilines is 9. The van der Waals surface area contributed by atoms with Gasteiger partial charge in [-0.15, -0.1) is 0 Å². The van der Waals surface area contributed by atoms with Crippen molar-refractivity contribution in [2.45, 2.75) is 157 Å². The maximum Gasteiger partial charge on any atom is 0.246 e. The Labute approximate surface area is 631 Å². The first kappa shape index (κ1) is 71.0. The van der Waals surface area contributed by atoms with E-state index in [0.29, 0.717) is 0 Å². The smallest absolute Gasteiger partial charge is 0.246 e. The topological polar surface area (TPSA) is 9.72 Å². The van der Waals surface area contributed by atoms with Crippen molar-refractivity contribution in [1.29, 1.82) is 0 Å². The van der Waals surface area contributed by atoms with E-state index >= 15 is 0 Å². The summed E-state index contributed by atoms with van der Waals surface area (Å²) in [6, 6.07) is 112. The molecule has 0 saturated carbocycles. The summed E-state index contributed by atoms with van der Waals surface area (Å²) in [7, 11) is 0. The van der Waals surface area contributed by atoms with Gasteiger partial charge in [0.05, 0.1) is 17.1 Å². The summed E-state index contributed by atoms with van der Waals surface area (Å²) in [5, 5.41) is 14.2. The lowest BCUT2D eigenvalue weighted by atomic mass is 9.33. The van der Waals surface area contributed by atoms with Crippen molar-refractivity contribution in [3.05, 3.63) is 325 Å². The molecular weight excluding hydrogens is 1280 g/mol. The van der Waals surface area contributed by atoms with Crippen LogP contribution in [-0.4, -0.2) is 6.71 Å². The third-order valence-electron chi connectivity index (χ3n) is 22.3. The Hall–Kier alpha value is -10.7. The summed E-state index contributed by atoms with van der Waals surface area (Å²) in [5.74, 6) is 0. The van der Waals surface area contributed by atoms with Gasteiger partial charge in [0.25, 0.3) is 0 Å². The fourth-order valence-electron chi connectivity index (χ4n) is 16.4. The fraction of sp³-hybridized carbons (Fsp3) is 0.235. The molecule has 106 heavy (non-hydrogen) atoms. The minimum atomic E-state index is -0.404. The number of rotatable bonds is 12. The Bertz CT molecular complexity index is 4870. The van der Waals surface area contributed by atoms with Crippen LogP contribution in [0.2, 0.25) is 0 Å². The SMILES string of the molecule is CC(C)(C)c1ccc(N(c2ccc(C(C)(C)C)cc2)c2c3ccccc3c(B(c3c4ccccc4c(N(c4ccc(C(C)(C)C)cc4)c4ccc(C(C)(C)C)cc4)c4ccccc34)c3c4ccccc4c(N(c4ccc(C(C)(C)C)cc4)c4ccc(C(C)(C)C)cc4)c4ccccc34)c3ccccc23)cc1. The summed E-state index contributed by atoms with van der Waals surface area (Å²) < 4.78 is 0. The lowest BCUT2D eigenvalue weighted by molar-refractivity contribution is 0.590. The van der Waals surface area contributed by atoms with Gasteiger partial charge in [0, 0.05) is 66.4 Å². The summed E-state index contributed by atoms with van der Waals surface area (Å²) in [6.45, 7) is 41.1. The molecule has 0 saturated heterocycles. The molecule has 15 aromatic rings. The number of benzene rings is 15. The van der Waals surface area contributed by atoms with E-state index in [1.165, 1.54) is 114 Å². The molecule has 0 bridgehead atoms. The predicted molar refractivity (Wildman–Crippen MR) is 465 cm³/mol. The van der Waals surface area contributed by atoms with Crippen molar-refractivity contribution in [3.8, 4) is 0 Å². The maximum absolute atomic E-state index is 2.55. The Kier molecular flexibility index (Phi) is 17.9. The largest absolute Gasteiger partial charge is 0.309 e. The Morgan fingerprint density at radius 2 is 0.283 bits per heavy atom. The average Bonchev–Trinajstić information content (AvgIpc) is 0.697. The van der Waals surface area contributed by atoms with E-state index in [1.807, 2.05) is 0 Å². The van der Waals surface area contributed by atoms with Crippen LogP contribution in [0, 0.1) is 0 Å². The van der Waals surface area contributed by atoms with Crippen LogP contribution in [0.1, 0.15) is 158 Å². The molecule has 15 rings (SSSR count). The van der Waals surface area contributed by atoms with Crippen LogP contribution in [0.5, 0.6) is 0 Å². The second-order valence-electron chi connectivity index (χ2n) is 35.8. The predicted octanol–water partition coefficient (Wildman–Crippen LogP) is 27.3. The first-order valence-corrected chi connectivity index (χ1v) is 38.3. The van der Waals surface area contributed by atoms with E-state index in [2.05, 4.69) is 431 Å². The zero-order valence-corrected chi connectivity index (χ0v) is 65.6. The molecule has 0 aliphatic carbocycles. The van der Waals surface area contributed by atoms with Crippen LogP contribution >= 0.6 is 0 Å². The number of hydrogen-bond donors (Lipinski definition) is 0. The summed E-state index contributed by atoms with van der Waals surface area (Å²) in [5.41, 5.74) is 21.4. The van der Waals surface area contributed by atoms with Crippen LogP contribution in [0.3, 0.4) is 0 Å². The number of nitrogens with zero attached hydrogens (tertiary/aromatic N) is 3. The molecule has 0 atom stereocenters. The van der Waals surface area contributed by atoms with Crippen LogP contribution < -0.4 is 31.1 Å². The summed E-state index contributed by atoms with van der Waals surface area (Å²) >= 11 is 0. The number of hydrogen-bond acceptors (Lipinski definition) is 3. The second-order valence-corrected chi connectivity index (χ2v) is 35.8. The highest BCUT2D eigenvalue weighted by atomic mass is 15.2. The first-order valence-electron chi connectivity index (χ1n) is 38.3.